The molecular formula is C18H20FN3O3. The van der Waals surface area contributed by atoms with Gasteiger partial charge in [-0.1, -0.05) is 6.07 Å². The molecule has 25 heavy (non-hydrogen) atoms. The van der Waals surface area contributed by atoms with Crippen LogP contribution in [-0.4, -0.2) is 49.6 Å². The van der Waals surface area contributed by atoms with Crippen molar-refractivity contribution in [1.29, 1.82) is 0 Å². The third kappa shape index (κ3) is 3.71. The first-order valence-corrected chi connectivity index (χ1v) is 8.01. The number of pyridine rings is 1. The van der Waals surface area contributed by atoms with Crippen LogP contribution >= 0.6 is 0 Å². The zero-order chi connectivity index (χ0) is 17.8. The molecular weight excluding hydrogens is 325 g/mol. The van der Waals surface area contributed by atoms with E-state index in [1.165, 1.54) is 19.2 Å². The molecule has 132 valence electrons. The molecule has 2 heterocycles. The van der Waals surface area contributed by atoms with Crippen LogP contribution in [0, 0.1) is 5.82 Å². The lowest BCUT2D eigenvalue weighted by atomic mass is 10.1. The second kappa shape index (κ2) is 7.48. The van der Waals surface area contributed by atoms with Crippen molar-refractivity contribution in [3.05, 3.63) is 53.5 Å². The number of carbonyl (C=O) groups is 1. The maximum atomic E-state index is 13.9. The normalized spacial score (nSPS) is 17.2. The van der Waals surface area contributed by atoms with E-state index in [0.29, 0.717) is 19.7 Å². The van der Waals surface area contributed by atoms with Crippen molar-refractivity contribution in [3.63, 3.8) is 0 Å². The van der Waals surface area contributed by atoms with E-state index in [4.69, 9.17) is 9.47 Å². The smallest absolute Gasteiger partial charge is 0.254 e. The summed E-state index contributed by atoms with van der Waals surface area (Å²) in [7, 11) is 3.18. The molecule has 6 nitrogen and oxygen atoms in total. The van der Waals surface area contributed by atoms with Crippen LogP contribution in [0.25, 0.3) is 0 Å². The Morgan fingerprint density at radius 3 is 2.96 bits per heavy atom. The molecule has 0 aliphatic carbocycles. The number of nitrogens with one attached hydrogen (secondary N) is 1. The summed E-state index contributed by atoms with van der Waals surface area (Å²) in [6.45, 7) is 1.22. The average molecular weight is 345 g/mol. The van der Waals surface area contributed by atoms with Crippen molar-refractivity contribution in [2.24, 2.45) is 0 Å². The number of rotatable bonds is 4. The highest BCUT2D eigenvalue weighted by Crippen LogP contribution is 2.24. The lowest BCUT2D eigenvalue weighted by Gasteiger charge is -2.33. The van der Waals surface area contributed by atoms with Crippen LogP contribution in [-0.2, 0) is 4.74 Å². The van der Waals surface area contributed by atoms with Gasteiger partial charge in [0, 0.05) is 19.2 Å². The van der Waals surface area contributed by atoms with Crippen molar-refractivity contribution in [2.45, 2.75) is 6.10 Å². The van der Waals surface area contributed by atoms with Crippen LogP contribution in [0.4, 0.5) is 10.2 Å². The third-order valence-electron chi connectivity index (χ3n) is 4.11. The number of hydrogen-bond acceptors (Lipinski definition) is 5. The van der Waals surface area contributed by atoms with Crippen molar-refractivity contribution < 1.29 is 18.7 Å². The Hall–Kier alpha value is -2.67. The van der Waals surface area contributed by atoms with Crippen LogP contribution in [0.5, 0.6) is 5.75 Å². The Morgan fingerprint density at radius 2 is 2.24 bits per heavy atom. The first kappa shape index (κ1) is 17.2. The molecule has 1 aromatic carbocycles. The lowest BCUT2D eigenvalue weighted by molar-refractivity contribution is -0.0246. The summed E-state index contributed by atoms with van der Waals surface area (Å²) in [4.78, 5) is 18.8. The number of anilines is 1. The van der Waals surface area contributed by atoms with Gasteiger partial charge in [0.15, 0.2) is 11.6 Å². The standard InChI is InChI=1S/C18H20FN3O3/c1-20-17-5-3-4-14(21-17)16-11-22(8-9-25-16)18(23)12-6-7-15(24-2)13(19)10-12/h3-7,10,16H,8-9,11H2,1-2H3,(H,20,21). The summed E-state index contributed by atoms with van der Waals surface area (Å²) >= 11 is 0. The van der Waals surface area contributed by atoms with Crippen LogP contribution in [0.15, 0.2) is 36.4 Å². The summed E-state index contributed by atoms with van der Waals surface area (Å²) in [6.07, 6.45) is -0.311. The van der Waals surface area contributed by atoms with E-state index in [9.17, 15) is 9.18 Å². The largest absolute Gasteiger partial charge is 0.494 e. The molecule has 1 N–H and O–H groups in total. The number of amides is 1. The summed E-state index contributed by atoms with van der Waals surface area (Å²) in [5, 5.41) is 2.98. The Morgan fingerprint density at radius 1 is 1.40 bits per heavy atom. The molecule has 0 bridgehead atoms. The number of hydrogen-bond donors (Lipinski definition) is 1. The summed E-state index contributed by atoms with van der Waals surface area (Å²) in [5.74, 6) is 0.0624. The van der Waals surface area contributed by atoms with Gasteiger partial charge in [0.1, 0.15) is 11.9 Å². The molecule has 2 aromatic rings. The molecule has 7 heteroatoms. The quantitative estimate of drug-likeness (QED) is 0.922. The van der Waals surface area contributed by atoms with E-state index in [0.717, 1.165) is 11.5 Å². The summed E-state index contributed by atoms with van der Waals surface area (Å²) < 4.78 is 24.5. The highest BCUT2D eigenvalue weighted by atomic mass is 19.1. The predicted octanol–water partition coefficient (Wildman–Crippen LogP) is 2.48. The molecule has 1 aromatic heterocycles. The highest BCUT2D eigenvalue weighted by molar-refractivity contribution is 5.94. The van der Waals surface area contributed by atoms with Crippen LogP contribution < -0.4 is 10.1 Å². The van der Waals surface area contributed by atoms with Crippen LogP contribution in [0.2, 0.25) is 0 Å². The second-order valence-corrected chi connectivity index (χ2v) is 5.66. The molecule has 1 aliphatic rings. The van der Waals surface area contributed by atoms with Gasteiger partial charge in [-0.25, -0.2) is 9.37 Å². The highest BCUT2D eigenvalue weighted by Gasteiger charge is 2.27. The molecule has 1 fully saturated rings. The molecule has 3 rings (SSSR count). The second-order valence-electron chi connectivity index (χ2n) is 5.66. The number of morpholine rings is 1. The monoisotopic (exact) mass is 345 g/mol. The zero-order valence-electron chi connectivity index (χ0n) is 14.2. The molecule has 1 unspecified atom stereocenters. The van der Waals surface area contributed by atoms with Crippen molar-refractivity contribution in [1.82, 2.24) is 9.88 Å². The van der Waals surface area contributed by atoms with Crippen LogP contribution in [0.1, 0.15) is 22.2 Å². The predicted molar refractivity (Wildman–Crippen MR) is 91.3 cm³/mol. The van der Waals surface area contributed by atoms with Crippen molar-refractivity contribution in [2.75, 3.05) is 39.2 Å². The van der Waals surface area contributed by atoms with Crippen molar-refractivity contribution >= 4 is 11.7 Å². The summed E-state index contributed by atoms with van der Waals surface area (Å²) in [6, 6.07) is 9.83. The van der Waals surface area contributed by atoms with E-state index in [-0.39, 0.29) is 23.3 Å². The number of nitrogens with zero attached hydrogens (tertiary/aromatic N) is 2. The molecule has 0 spiro atoms. The molecule has 1 atom stereocenters. The van der Waals surface area contributed by atoms with Gasteiger partial charge in [0.2, 0.25) is 0 Å². The average Bonchev–Trinajstić information content (AvgIpc) is 2.67. The fraction of sp³-hybridized carbons (Fsp3) is 0.333. The number of methoxy groups -OCH3 is 1. The number of aromatic nitrogens is 1. The fourth-order valence-corrected chi connectivity index (χ4v) is 2.76. The topological polar surface area (TPSA) is 63.7 Å². The molecule has 1 aliphatic heterocycles. The minimum atomic E-state index is -0.554. The fourth-order valence-electron chi connectivity index (χ4n) is 2.76. The maximum absolute atomic E-state index is 13.9. The molecule has 1 amide bonds. The van der Waals surface area contributed by atoms with Gasteiger partial charge in [-0.2, -0.15) is 0 Å². The van der Waals surface area contributed by atoms with Crippen molar-refractivity contribution in [3.8, 4) is 5.75 Å². The Balaban J connectivity index is 1.76. The SMILES string of the molecule is CNc1cccc(C2CN(C(=O)c3ccc(OC)c(F)c3)CCO2)n1. The number of benzene rings is 1. The first-order valence-electron chi connectivity index (χ1n) is 8.01. The lowest BCUT2D eigenvalue weighted by Crippen LogP contribution is -2.42. The van der Waals surface area contributed by atoms with Gasteiger partial charge in [-0.05, 0) is 30.3 Å². The zero-order valence-corrected chi connectivity index (χ0v) is 14.2. The van der Waals surface area contributed by atoms with Gasteiger partial charge >= 0.3 is 0 Å². The molecule has 1 saturated heterocycles. The number of ether oxygens (including phenoxy) is 2. The summed E-state index contributed by atoms with van der Waals surface area (Å²) in [5.41, 5.74) is 1.04. The van der Waals surface area contributed by atoms with Gasteiger partial charge in [0.05, 0.1) is 26.0 Å². The van der Waals surface area contributed by atoms with E-state index in [2.05, 4.69) is 10.3 Å². The minimum absolute atomic E-state index is 0.115. The first-order chi connectivity index (χ1) is 12.1. The van der Waals surface area contributed by atoms with Gasteiger partial charge < -0.3 is 19.7 Å². The Kier molecular flexibility index (Phi) is 5.14. The minimum Gasteiger partial charge on any atom is -0.494 e. The van der Waals surface area contributed by atoms with Gasteiger partial charge in [-0.3, -0.25) is 4.79 Å². The maximum Gasteiger partial charge on any atom is 0.254 e. The van der Waals surface area contributed by atoms with E-state index in [1.54, 1.807) is 18.0 Å². The van der Waals surface area contributed by atoms with Gasteiger partial charge in [-0.15, -0.1) is 0 Å². The van der Waals surface area contributed by atoms with E-state index >= 15 is 0 Å². The Bertz CT molecular complexity index is 769. The number of halogens is 1. The van der Waals surface area contributed by atoms with E-state index in [1.807, 2.05) is 18.2 Å². The third-order valence-corrected chi connectivity index (χ3v) is 4.11. The van der Waals surface area contributed by atoms with Crippen LogP contribution in [0.3, 0.4) is 0 Å². The molecule has 0 saturated carbocycles. The van der Waals surface area contributed by atoms with Gasteiger partial charge in [0.25, 0.3) is 5.91 Å². The number of carbonyl (C=O) groups excluding carboxylic acids is 1. The van der Waals surface area contributed by atoms with E-state index < -0.39 is 5.82 Å². The molecule has 0 radical (unpaired) electrons. The Labute approximate surface area is 145 Å².